The fourth-order valence-corrected chi connectivity index (χ4v) is 27.2. The number of nitrogens with one attached hydrogen (secondary N) is 8. The van der Waals surface area contributed by atoms with Crippen LogP contribution in [0.2, 0.25) is 0 Å². The van der Waals surface area contributed by atoms with Crippen molar-refractivity contribution in [3.63, 3.8) is 0 Å². The lowest BCUT2D eigenvalue weighted by molar-refractivity contribution is 0.0980. The van der Waals surface area contributed by atoms with Crippen LogP contribution in [0.1, 0.15) is 109 Å². The summed E-state index contributed by atoms with van der Waals surface area (Å²) in [4.78, 5) is 75.2. The van der Waals surface area contributed by atoms with Gasteiger partial charge in [0.1, 0.15) is 41.0 Å². The minimum absolute atomic E-state index is 0.00583. The van der Waals surface area contributed by atoms with Crippen LogP contribution in [0.25, 0.3) is 88.2 Å². The number of nitriles is 2. The quantitative estimate of drug-likeness (QED) is 0.0211. The highest BCUT2D eigenvalue weighted by Crippen LogP contribution is 2.46. The van der Waals surface area contributed by atoms with Crippen molar-refractivity contribution in [3.8, 4) is 56.2 Å². The molecule has 700 valence electrons. The van der Waals surface area contributed by atoms with Crippen LogP contribution >= 0.6 is 22.7 Å². The highest BCUT2D eigenvalue weighted by Gasteiger charge is 2.40. The zero-order valence-electron chi connectivity index (χ0n) is 73.7. The number of aromatic amines is 4. The van der Waals surface area contributed by atoms with Crippen LogP contribution in [0, 0.1) is 60.2 Å². The van der Waals surface area contributed by atoms with Gasteiger partial charge in [-0.05, 0) is 185 Å². The van der Waals surface area contributed by atoms with E-state index in [0.29, 0.717) is 116 Å². The Morgan fingerprint density at radius 1 is 0.390 bits per heavy atom. The van der Waals surface area contributed by atoms with Crippen molar-refractivity contribution in [3.05, 3.63) is 224 Å². The second-order valence-electron chi connectivity index (χ2n) is 34.4. The predicted molar refractivity (Wildman–Crippen MR) is 515 cm³/mol. The number of ketones is 2. The highest BCUT2D eigenvalue weighted by molar-refractivity contribution is 7.93. The molecular weight excluding hydrogens is 1900 g/mol. The summed E-state index contributed by atoms with van der Waals surface area (Å²) in [7, 11) is -20.4. The van der Waals surface area contributed by atoms with Crippen molar-refractivity contribution >= 4 is 160 Å². The second kappa shape index (κ2) is 38.3. The molecule has 0 aliphatic heterocycles. The molecule has 0 amide bonds. The number of anilines is 4. The average Bonchev–Trinajstić information content (AvgIpc) is 1.46. The number of pyridine rings is 5. The van der Waals surface area contributed by atoms with E-state index in [0.717, 1.165) is 109 Å². The molecule has 0 saturated heterocycles. The number of hydrogen-bond donors (Lipinski definition) is 8. The van der Waals surface area contributed by atoms with E-state index in [4.69, 9.17) is 19.4 Å². The number of nitrogens with zero attached hydrogens (tertiary/aromatic N) is 11. The van der Waals surface area contributed by atoms with E-state index in [1.807, 2.05) is 56.3 Å². The van der Waals surface area contributed by atoms with Gasteiger partial charge >= 0.3 is 0 Å². The molecule has 35 nitrogen and oxygen atoms in total. The van der Waals surface area contributed by atoms with Gasteiger partial charge in [0.05, 0.1) is 131 Å². The Labute approximate surface area is 789 Å². The summed E-state index contributed by atoms with van der Waals surface area (Å²) in [6.07, 6.45) is 28.7. The molecule has 0 radical (unpaired) electrons. The molecular formula is C93H89N19O16S8. The number of oxazole rings is 2. The number of fused-ring (bicyclic) bond motifs is 4. The van der Waals surface area contributed by atoms with E-state index in [2.05, 4.69) is 86.1 Å². The van der Waals surface area contributed by atoms with Crippen LogP contribution in [0.4, 0.5) is 22.7 Å². The largest absolute Gasteiger partial charge is 0.433 e. The molecule has 4 aliphatic rings. The van der Waals surface area contributed by atoms with Gasteiger partial charge in [-0.1, -0.05) is 24.3 Å². The van der Waals surface area contributed by atoms with Crippen LogP contribution in [0.15, 0.2) is 227 Å². The maximum Gasteiger partial charge on any atom is 0.230 e. The van der Waals surface area contributed by atoms with Crippen LogP contribution in [0.5, 0.6) is 0 Å². The second-order valence-corrected chi connectivity index (χ2v) is 49.1. The molecule has 4 saturated carbocycles. The lowest BCUT2D eigenvalue weighted by Gasteiger charge is -2.36. The van der Waals surface area contributed by atoms with Crippen LogP contribution in [0.3, 0.4) is 0 Å². The minimum Gasteiger partial charge on any atom is -0.433 e. The van der Waals surface area contributed by atoms with Gasteiger partial charge in [-0.3, -0.25) is 9.59 Å². The van der Waals surface area contributed by atoms with Crippen LogP contribution in [-0.4, -0.2) is 187 Å². The molecule has 4 fully saturated rings. The highest BCUT2D eigenvalue weighted by atomic mass is 32.2. The fraction of sp³-hybridized carbons (Fsp3) is 0.280. The van der Waals surface area contributed by atoms with Crippen molar-refractivity contribution < 1.29 is 68.9 Å². The Kier molecular flexibility index (Phi) is 26.6. The van der Waals surface area contributed by atoms with Crippen molar-refractivity contribution in [2.45, 2.75) is 131 Å². The third kappa shape index (κ3) is 21.0. The molecule has 13 aromatic heterocycles. The van der Waals surface area contributed by atoms with E-state index < -0.39 is 59.0 Å². The number of benzene rings is 3. The van der Waals surface area contributed by atoms with Gasteiger partial charge in [0.25, 0.3) is 0 Å². The number of carbonyl (C=O) groups excluding carboxylic acids is 2. The summed E-state index contributed by atoms with van der Waals surface area (Å²) in [6, 6.07) is 34.5. The number of sulfone groups is 6. The molecule has 13 heterocycles. The molecule has 8 N–H and O–H groups in total. The predicted octanol–water partition coefficient (Wildman–Crippen LogP) is 15.4. The standard InChI is InChI=1S/2C24H21N5O4S.C23H24N4O4S3.C22H23N5O4S3/c2*1-14(30)21-12-28-24(33-21)20-11-27-23-19(5-6-26-23)22(20)29-17-7-16(8-17)13-34(31,32)18-4-2-3-15(9-18)10-25;1-14-4-3-5-17(8-14)34(30,31)13-15-9-16(10-15)27-21-18-6-7-24-22(18)25-11-19(21)23-26-12-20(32-23)33(2,28)29;1-13-3-5-23-18(7-13)34(30,31)12-14-8-15(9-14)27-20-16-4-6-24-21(16)25-10-17(20)22-26-11-19(32-22)33(2,28)29/h2*2-6,9,11-12,16-17H,7-8,13H2,1H3,(H2,26,27,29);3-8,11-12,15-16H,9-10,13H2,1-2H3,(H2,24,25,27);3-7,10-11,14-15H,8-9,12H2,1-2H3,(H2,24,25,27). The van der Waals surface area contributed by atoms with E-state index in [9.17, 15) is 60.1 Å². The first-order chi connectivity index (χ1) is 64.9. The first kappa shape index (κ1) is 94.2. The summed E-state index contributed by atoms with van der Waals surface area (Å²) in [5.41, 5.74) is 11.1. The first-order valence-corrected chi connectivity index (χ1v) is 55.0. The Morgan fingerprint density at radius 2 is 0.713 bits per heavy atom. The molecule has 0 unspecified atom stereocenters. The van der Waals surface area contributed by atoms with Crippen molar-refractivity contribution in [1.82, 2.24) is 64.8 Å². The number of hydrogen-bond acceptors (Lipinski definition) is 33. The fourth-order valence-electron chi connectivity index (χ4n) is 16.9. The van der Waals surface area contributed by atoms with Gasteiger partial charge in [0, 0.05) is 128 Å². The number of carbonyl (C=O) groups is 2. The third-order valence-corrected chi connectivity index (χ3v) is 37.1. The molecule has 0 spiro atoms. The summed E-state index contributed by atoms with van der Waals surface area (Å²) in [5.74, 6) is 0.871. The number of H-pyrrole nitrogens is 4. The van der Waals surface area contributed by atoms with Gasteiger partial charge < -0.3 is 50.0 Å². The van der Waals surface area contributed by atoms with Crippen LogP contribution in [-0.2, 0) is 59.0 Å². The summed E-state index contributed by atoms with van der Waals surface area (Å²) >= 11 is 2.21. The average molecular weight is 1990 g/mol. The maximum atomic E-state index is 12.8. The van der Waals surface area contributed by atoms with Gasteiger partial charge in [-0.2, -0.15) is 10.5 Å². The molecule has 136 heavy (non-hydrogen) atoms. The maximum absolute atomic E-state index is 12.8. The monoisotopic (exact) mass is 1980 g/mol. The van der Waals surface area contributed by atoms with E-state index in [-0.39, 0.29) is 117 Å². The molecule has 16 aromatic rings. The van der Waals surface area contributed by atoms with Gasteiger partial charge in [-0.25, -0.2) is 95.4 Å². The number of aromatic nitrogens is 13. The minimum atomic E-state index is -3.48. The van der Waals surface area contributed by atoms with E-state index >= 15 is 0 Å². The third-order valence-electron chi connectivity index (χ3n) is 24.0. The van der Waals surface area contributed by atoms with E-state index in [1.165, 1.54) is 69.1 Å². The summed E-state index contributed by atoms with van der Waals surface area (Å²) in [5, 5.41) is 36.9. The lowest BCUT2D eigenvalue weighted by Crippen LogP contribution is -2.39. The van der Waals surface area contributed by atoms with Gasteiger partial charge in [-0.15, -0.1) is 22.7 Å². The Balaban J connectivity index is 0.000000126. The normalized spacial score (nSPS) is 18.2. The number of aryl methyl sites for hydroxylation is 2. The molecule has 43 heteroatoms. The molecule has 0 atom stereocenters. The molecule has 20 rings (SSSR count). The Bertz CT molecular complexity index is 7670. The van der Waals surface area contributed by atoms with Crippen molar-refractivity contribution in [1.29, 1.82) is 10.5 Å². The van der Waals surface area contributed by atoms with E-state index in [1.54, 1.807) is 104 Å². The molecule has 4 aliphatic carbocycles. The summed E-state index contributed by atoms with van der Waals surface area (Å²) < 4.78 is 162. The van der Waals surface area contributed by atoms with Crippen LogP contribution < -0.4 is 21.3 Å². The SMILES string of the molecule is CC(=O)c1cnc(-c2cnc3[nH]ccc3c2NC2CC(CS(=O)(=O)c3cccc(C#N)c3)C2)o1.CC(=O)c1cnc(-c2cnc3[nH]ccc3c2NC2CC(CS(=O)(=O)c3cccc(C#N)c3)C2)o1.Cc1cccc(S(=O)(=O)CC2CC(Nc3c(-c4ncc(S(C)(=O)=O)s4)cnc4[nH]ccc34)C2)c1.Cc1ccnc(S(=O)(=O)CC2CC(Nc3c(-c4ncc(S(C)(=O)=O)s4)cnc4[nH]ccc34)C2)c1. The Hall–Kier alpha value is -13.5. The summed E-state index contributed by atoms with van der Waals surface area (Å²) in [6.45, 7) is 6.56. The van der Waals surface area contributed by atoms with Crippen molar-refractivity contribution in [2.75, 3.05) is 56.8 Å². The molecule has 0 bridgehead atoms. The smallest absolute Gasteiger partial charge is 0.230 e. The molecule has 3 aromatic carbocycles. The lowest BCUT2D eigenvalue weighted by atomic mass is 9.81. The zero-order valence-corrected chi connectivity index (χ0v) is 80.3. The first-order valence-electron chi connectivity index (χ1n) is 43.0. The number of Topliss-reactive ketones (excluding diaryl/α,β-unsaturated/α-hetero) is 2. The van der Waals surface area contributed by atoms with Gasteiger partial charge in [0.2, 0.25) is 11.8 Å². The van der Waals surface area contributed by atoms with Gasteiger partial charge in [0.15, 0.2) is 87.1 Å². The zero-order chi connectivity index (χ0) is 95.9. The topological polar surface area (TPSA) is 540 Å². The Morgan fingerprint density at radius 3 is 1.03 bits per heavy atom. The number of rotatable bonds is 28. The number of thiazole rings is 2. The van der Waals surface area contributed by atoms with Crippen molar-refractivity contribution in [2.24, 2.45) is 23.7 Å².